The third-order valence-corrected chi connectivity index (χ3v) is 8.03. The fourth-order valence-corrected chi connectivity index (χ4v) is 5.79. The van der Waals surface area contributed by atoms with Gasteiger partial charge in [0, 0.05) is 46.0 Å². The average Bonchev–Trinajstić information content (AvgIpc) is 3.42. The van der Waals surface area contributed by atoms with E-state index in [0.29, 0.717) is 28.3 Å². The number of rotatable bonds is 10. The largest absolute Gasteiger partial charge is 0.497 e. The lowest BCUT2D eigenvalue weighted by molar-refractivity contribution is -0.127. The number of ether oxygens (including phenoxy) is 2. The molecule has 1 aliphatic carbocycles. The van der Waals surface area contributed by atoms with Crippen molar-refractivity contribution in [1.82, 2.24) is 10.3 Å². The number of hydrogen-bond acceptors (Lipinski definition) is 5. The summed E-state index contributed by atoms with van der Waals surface area (Å²) in [5.41, 5.74) is 3.32. The number of fused-ring (bicyclic) bond motifs is 1. The minimum atomic E-state index is -1.03. The SMILES string of the molecule is COc1ccc([C@@H](C(=O)NC2CCCCC2)N(C(=O)Cc2c[nH]c3ccccc23)c2ccc(C(C)=O)cc2)c(OC)c1. The van der Waals surface area contributed by atoms with E-state index in [1.54, 1.807) is 49.6 Å². The van der Waals surface area contributed by atoms with Crippen LogP contribution in [0.25, 0.3) is 10.9 Å². The molecule has 8 nitrogen and oxygen atoms in total. The number of ketones is 1. The van der Waals surface area contributed by atoms with Crippen LogP contribution < -0.4 is 19.7 Å². The molecule has 1 aromatic heterocycles. The highest BCUT2D eigenvalue weighted by Crippen LogP contribution is 2.37. The van der Waals surface area contributed by atoms with Gasteiger partial charge in [0.25, 0.3) is 0 Å². The van der Waals surface area contributed by atoms with Gasteiger partial charge in [-0.3, -0.25) is 19.3 Å². The molecule has 1 fully saturated rings. The summed E-state index contributed by atoms with van der Waals surface area (Å²) in [6.45, 7) is 1.50. The summed E-state index contributed by atoms with van der Waals surface area (Å²) in [6, 6.07) is 18.9. The molecule has 0 unspecified atom stereocenters. The molecule has 1 aliphatic rings. The van der Waals surface area contributed by atoms with Crippen molar-refractivity contribution in [3.8, 4) is 11.5 Å². The van der Waals surface area contributed by atoms with E-state index in [1.807, 2.05) is 30.5 Å². The molecule has 2 N–H and O–H groups in total. The number of carbonyl (C=O) groups excluding carboxylic acids is 3. The number of anilines is 1. The van der Waals surface area contributed by atoms with Gasteiger partial charge in [-0.2, -0.15) is 0 Å². The first-order chi connectivity index (χ1) is 20.4. The number of carbonyl (C=O) groups is 3. The third kappa shape index (κ3) is 6.17. The molecule has 3 aromatic carbocycles. The lowest BCUT2D eigenvalue weighted by Gasteiger charge is -2.34. The maximum atomic E-state index is 14.4. The summed E-state index contributed by atoms with van der Waals surface area (Å²) < 4.78 is 11.2. The number of methoxy groups -OCH3 is 2. The van der Waals surface area contributed by atoms with E-state index in [4.69, 9.17) is 9.47 Å². The minimum absolute atomic E-state index is 0.0312. The molecule has 1 atom stereocenters. The number of benzene rings is 3. The molecule has 2 amide bonds. The standard InChI is InChI=1S/C34H37N3O5/c1-22(38)23-13-15-26(16-14-23)37(32(39)19-24-21-35-30-12-8-7-11-28(24)30)33(34(40)36-25-9-5-4-6-10-25)29-18-17-27(41-2)20-31(29)42-3/h7-8,11-18,20-21,25,33,35H,4-6,9-10,19H2,1-3H3,(H,36,40)/t33-/m0/s1. The fourth-order valence-electron chi connectivity index (χ4n) is 5.79. The Morgan fingerprint density at radius 3 is 2.38 bits per heavy atom. The van der Waals surface area contributed by atoms with Gasteiger partial charge in [-0.05, 0) is 67.8 Å². The number of amides is 2. The van der Waals surface area contributed by atoms with Gasteiger partial charge in [-0.15, -0.1) is 0 Å². The quantitative estimate of drug-likeness (QED) is 0.224. The Hall–Kier alpha value is -4.59. The van der Waals surface area contributed by atoms with E-state index in [9.17, 15) is 14.4 Å². The zero-order valence-corrected chi connectivity index (χ0v) is 24.3. The van der Waals surface area contributed by atoms with Gasteiger partial charge >= 0.3 is 0 Å². The van der Waals surface area contributed by atoms with Crippen LogP contribution in [0.4, 0.5) is 5.69 Å². The maximum Gasteiger partial charge on any atom is 0.248 e. The topological polar surface area (TPSA) is 101 Å². The van der Waals surface area contributed by atoms with Crippen molar-refractivity contribution in [1.29, 1.82) is 0 Å². The van der Waals surface area contributed by atoms with Crippen molar-refractivity contribution in [2.45, 2.75) is 57.5 Å². The second kappa shape index (κ2) is 12.9. The second-order valence-electron chi connectivity index (χ2n) is 10.8. The molecule has 0 saturated heterocycles. The first-order valence-electron chi connectivity index (χ1n) is 14.4. The van der Waals surface area contributed by atoms with E-state index < -0.39 is 6.04 Å². The summed E-state index contributed by atoms with van der Waals surface area (Å²) >= 11 is 0. The zero-order chi connectivity index (χ0) is 29.6. The van der Waals surface area contributed by atoms with Crippen LogP contribution in [0.15, 0.2) is 72.9 Å². The summed E-state index contributed by atoms with van der Waals surface area (Å²) in [4.78, 5) is 45.5. The highest BCUT2D eigenvalue weighted by Gasteiger charge is 2.36. The van der Waals surface area contributed by atoms with E-state index in [0.717, 1.165) is 48.6 Å². The van der Waals surface area contributed by atoms with E-state index in [2.05, 4.69) is 10.3 Å². The number of nitrogens with one attached hydrogen (secondary N) is 2. The molecule has 218 valence electrons. The molecule has 0 spiro atoms. The number of Topliss-reactive ketones (excluding diaryl/α,β-unsaturated/α-hetero) is 1. The highest BCUT2D eigenvalue weighted by atomic mass is 16.5. The van der Waals surface area contributed by atoms with Crippen LogP contribution in [0.1, 0.15) is 66.6 Å². The van der Waals surface area contributed by atoms with Crippen LogP contribution in [0.2, 0.25) is 0 Å². The Morgan fingerprint density at radius 2 is 1.69 bits per heavy atom. The van der Waals surface area contributed by atoms with Gasteiger partial charge in [-0.25, -0.2) is 0 Å². The van der Waals surface area contributed by atoms with Gasteiger partial charge in [0.15, 0.2) is 5.78 Å². The molecule has 0 bridgehead atoms. The number of nitrogens with zero attached hydrogens (tertiary/aromatic N) is 1. The summed E-state index contributed by atoms with van der Waals surface area (Å²) in [6.07, 6.45) is 6.95. The molecular weight excluding hydrogens is 530 g/mol. The highest BCUT2D eigenvalue weighted by molar-refractivity contribution is 6.04. The average molecular weight is 568 g/mol. The minimum Gasteiger partial charge on any atom is -0.497 e. The predicted octanol–water partition coefficient (Wildman–Crippen LogP) is 6.15. The Labute approximate surface area is 246 Å². The summed E-state index contributed by atoms with van der Waals surface area (Å²) in [5, 5.41) is 4.19. The van der Waals surface area contributed by atoms with Crippen molar-refractivity contribution < 1.29 is 23.9 Å². The summed E-state index contributed by atoms with van der Waals surface area (Å²) in [7, 11) is 3.10. The Bertz CT molecular complexity index is 1570. The lowest BCUT2D eigenvalue weighted by atomic mass is 9.94. The number of H-pyrrole nitrogens is 1. The van der Waals surface area contributed by atoms with Crippen molar-refractivity contribution in [3.05, 3.63) is 89.6 Å². The van der Waals surface area contributed by atoms with E-state index >= 15 is 0 Å². The van der Waals surface area contributed by atoms with Gasteiger partial charge < -0.3 is 19.8 Å². The number of aromatic nitrogens is 1. The van der Waals surface area contributed by atoms with Gasteiger partial charge in [-0.1, -0.05) is 37.5 Å². The first-order valence-corrected chi connectivity index (χ1v) is 14.4. The predicted molar refractivity (Wildman–Crippen MR) is 163 cm³/mol. The van der Waals surface area contributed by atoms with Crippen molar-refractivity contribution in [3.63, 3.8) is 0 Å². The van der Waals surface area contributed by atoms with Crippen molar-refractivity contribution >= 4 is 34.2 Å². The molecule has 1 saturated carbocycles. The normalized spacial score (nSPS) is 14.3. The Morgan fingerprint density at radius 1 is 0.952 bits per heavy atom. The van der Waals surface area contributed by atoms with Crippen LogP contribution in [-0.4, -0.2) is 42.8 Å². The first kappa shape index (κ1) is 28.9. The lowest BCUT2D eigenvalue weighted by Crippen LogP contribution is -2.47. The van der Waals surface area contributed by atoms with E-state index in [1.165, 1.54) is 18.9 Å². The molecule has 0 aliphatic heterocycles. The fraction of sp³-hybridized carbons (Fsp3) is 0.324. The molecule has 8 heteroatoms. The monoisotopic (exact) mass is 567 g/mol. The Balaban J connectivity index is 1.62. The van der Waals surface area contributed by atoms with Gasteiger partial charge in [0.05, 0.1) is 20.6 Å². The zero-order valence-electron chi connectivity index (χ0n) is 24.3. The van der Waals surface area contributed by atoms with E-state index in [-0.39, 0.29) is 30.1 Å². The number of aromatic amines is 1. The molecular formula is C34H37N3O5. The molecule has 4 aromatic rings. The molecule has 1 heterocycles. The Kier molecular flexibility index (Phi) is 8.91. The van der Waals surface area contributed by atoms with Crippen LogP contribution in [-0.2, 0) is 16.0 Å². The van der Waals surface area contributed by atoms with Crippen LogP contribution in [0.5, 0.6) is 11.5 Å². The molecule has 0 radical (unpaired) electrons. The molecule has 42 heavy (non-hydrogen) atoms. The van der Waals surface area contributed by atoms with Crippen molar-refractivity contribution in [2.75, 3.05) is 19.1 Å². The van der Waals surface area contributed by atoms with Crippen LogP contribution >= 0.6 is 0 Å². The third-order valence-electron chi connectivity index (χ3n) is 8.03. The smallest absolute Gasteiger partial charge is 0.248 e. The maximum absolute atomic E-state index is 14.4. The van der Waals surface area contributed by atoms with Gasteiger partial charge in [0.2, 0.25) is 11.8 Å². The summed E-state index contributed by atoms with van der Waals surface area (Å²) in [5.74, 6) is 0.375. The number of para-hydroxylation sites is 1. The van der Waals surface area contributed by atoms with Gasteiger partial charge in [0.1, 0.15) is 17.5 Å². The van der Waals surface area contributed by atoms with Crippen molar-refractivity contribution in [2.24, 2.45) is 0 Å². The van der Waals surface area contributed by atoms with Crippen LogP contribution in [0, 0.1) is 0 Å². The second-order valence-corrected chi connectivity index (χ2v) is 10.8. The number of hydrogen-bond donors (Lipinski definition) is 2. The van der Waals surface area contributed by atoms with Crippen LogP contribution in [0.3, 0.4) is 0 Å². The molecule has 5 rings (SSSR count).